The number of alkyl halides is 3. The van der Waals surface area contributed by atoms with Crippen LogP contribution in [0.5, 0.6) is 0 Å². The number of nitrogens with one attached hydrogen (secondary N) is 1. The first-order chi connectivity index (χ1) is 11.3. The van der Waals surface area contributed by atoms with Crippen molar-refractivity contribution in [1.29, 1.82) is 0 Å². The van der Waals surface area contributed by atoms with Gasteiger partial charge in [-0.05, 0) is 37.3 Å². The van der Waals surface area contributed by atoms with Crippen molar-refractivity contribution >= 4 is 25.5 Å². The van der Waals surface area contributed by atoms with Crippen LogP contribution in [0.25, 0.3) is 0 Å². The lowest BCUT2D eigenvalue weighted by Crippen LogP contribution is -2.18. The third kappa shape index (κ3) is 4.51. The van der Waals surface area contributed by atoms with E-state index < -0.39 is 42.2 Å². The van der Waals surface area contributed by atoms with Gasteiger partial charge in [0.05, 0.1) is 21.0 Å². The number of hydrogen-bond acceptors (Lipinski definition) is 4. The number of halogens is 3. The minimum atomic E-state index is -4.94. The molecular weight excluding hydrogens is 379 g/mol. The van der Waals surface area contributed by atoms with Gasteiger partial charge in [0, 0.05) is 6.26 Å². The zero-order valence-corrected chi connectivity index (χ0v) is 14.8. The summed E-state index contributed by atoms with van der Waals surface area (Å²) in [5.74, 6) is 0. The van der Waals surface area contributed by atoms with Crippen molar-refractivity contribution in [3.05, 3.63) is 53.6 Å². The van der Waals surface area contributed by atoms with E-state index >= 15 is 0 Å². The van der Waals surface area contributed by atoms with Crippen molar-refractivity contribution < 1.29 is 30.0 Å². The first-order valence-corrected chi connectivity index (χ1v) is 10.2. The van der Waals surface area contributed by atoms with E-state index in [4.69, 9.17) is 0 Å². The van der Waals surface area contributed by atoms with E-state index in [1.54, 1.807) is 6.92 Å². The van der Waals surface area contributed by atoms with Crippen molar-refractivity contribution in [3.63, 3.8) is 0 Å². The summed E-state index contributed by atoms with van der Waals surface area (Å²) in [6, 6.07) is 7.63. The number of rotatable bonds is 4. The van der Waals surface area contributed by atoms with E-state index in [1.807, 2.05) is 4.72 Å². The van der Waals surface area contributed by atoms with Crippen LogP contribution in [0, 0.1) is 6.92 Å². The molecule has 0 heterocycles. The second-order valence-electron chi connectivity index (χ2n) is 5.40. The van der Waals surface area contributed by atoms with Crippen molar-refractivity contribution in [1.82, 2.24) is 0 Å². The Labute approximate surface area is 143 Å². The van der Waals surface area contributed by atoms with Crippen molar-refractivity contribution in [2.75, 3.05) is 11.0 Å². The SMILES string of the molecule is Cc1ccc(S(=O)(=O)Nc2ccc(S(C)(=O)=O)cc2C(F)(F)F)cc1. The standard InChI is InChI=1S/C15H14F3NO4S2/c1-10-3-5-11(6-4-10)25(22,23)19-14-8-7-12(24(2,20)21)9-13(14)15(16,17)18/h3-9,19H,1-2H3. The Morgan fingerprint density at radius 1 is 0.880 bits per heavy atom. The van der Waals surface area contributed by atoms with Gasteiger partial charge in [-0.3, -0.25) is 4.72 Å². The molecule has 1 N–H and O–H groups in total. The molecule has 0 atom stereocenters. The maximum absolute atomic E-state index is 13.2. The van der Waals surface area contributed by atoms with Gasteiger partial charge in [-0.15, -0.1) is 0 Å². The molecule has 0 saturated heterocycles. The van der Waals surface area contributed by atoms with Gasteiger partial charge < -0.3 is 0 Å². The van der Waals surface area contributed by atoms with Crippen LogP contribution in [0.15, 0.2) is 52.3 Å². The van der Waals surface area contributed by atoms with Crippen LogP contribution in [0.4, 0.5) is 18.9 Å². The molecule has 0 aromatic heterocycles. The lowest BCUT2D eigenvalue weighted by Gasteiger charge is -2.16. The number of sulfonamides is 1. The van der Waals surface area contributed by atoms with Gasteiger partial charge in [-0.1, -0.05) is 17.7 Å². The fourth-order valence-corrected chi connectivity index (χ4v) is 3.73. The smallest absolute Gasteiger partial charge is 0.279 e. The van der Waals surface area contributed by atoms with Crippen LogP contribution in [-0.4, -0.2) is 23.1 Å². The highest BCUT2D eigenvalue weighted by Gasteiger charge is 2.35. The molecule has 25 heavy (non-hydrogen) atoms. The van der Waals surface area contributed by atoms with Gasteiger partial charge >= 0.3 is 6.18 Å². The molecule has 0 amide bonds. The van der Waals surface area contributed by atoms with Gasteiger partial charge in [-0.25, -0.2) is 16.8 Å². The minimum Gasteiger partial charge on any atom is -0.279 e. The first kappa shape index (κ1) is 19.3. The Bertz CT molecular complexity index is 996. The average molecular weight is 393 g/mol. The summed E-state index contributed by atoms with van der Waals surface area (Å²) in [6.07, 6.45) is -4.18. The fourth-order valence-electron chi connectivity index (χ4n) is 2.00. The van der Waals surface area contributed by atoms with Crippen molar-refractivity contribution in [2.45, 2.75) is 22.9 Å². The summed E-state index contributed by atoms with van der Waals surface area (Å²) in [5, 5.41) is 0. The zero-order valence-electron chi connectivity index (χ0n) is 13.1. The highest BCUT2D eigenvalue weighted by Crippen LogP contribution is 2.37. The van der Waals surface area contributed by atoms with Gasteiger partial charge in [0.2, 0.25) is 0 Å². The van der Waals surface area contributed by atoms with Gasteiger partial charge in [0.25, 0.3) is 10.0 Å². The minimum absolute atomic E-state index is 0.210. The molecule has 0 aliphatic carbocycles. The van der Waals surface area contributed by atoms with Crippen LogP contribution < -0.4 is 4.72 Å². The Hall–Kier alpha value is -2.07. The number of aryl methyl sites for hydroxylation is 1. The number of hydrogen-bond donors (Lipinski definition) is 1. The van der Waals surface area contributed by atoms with Crippen molar-refractivity contribution in [2.24, 2.45) is 0 Å². The van der Waals surface area contributed by atoms with Crippen LogP contribution in [-0.2, 0) is 26.0 Å². The predicted molar refractivity (Wildman–Crippen MR) is 86.5 cm³/mol. The second-order valence-corrected chi connectivity index (χ2v) is 9.09. The first-order valence-electron chi connectivity index (χ1n) is 6.81. The molecular formula is C15H14F3NO4S2. The molecule has 136 valence electrons. The monoisotopic (exact) mass is 393 g/mol. The molecule has 0 aliphatic rings. The van der Waals surface area contributed by atoms with E-state index in [2.05, 4.69) is 0 Å². The summed E-state index contributed by atoms with van der Waals surface area (Å²) >= 11 is 0. The zero-order chi connectivity index (χ0) is 19.0. The number of sulfone groups is 1. The van der Waals surface area contributed by atoms with E-state index in [0.717, 1.165) is 24.0 Å². The highest BCUT2D eigenvalue weighted by molar-refractivity contribution is 7.92. The highest BCUT2D eigenvalue weighted by atomic mass is 32.2. The maximum atomic E-state index is 13.2. The molecule has 2 rings (SSSR count). The number of anilines is 1. The fraction of sp³-hybridized carbons (Fsp3) is 0.200. The lowest BCUT2D eigenvalue weighted by atomic mass is 10.2. The quantitative estimate of drug-likeness (QED) is 0.865. The van der Waals surface area contributed by atoms with E-state index in [9.17, 15) is 30.0 Å². The van der Waals surface area contributed by atoms with Crippen molar-refractivity contribution in [3.8, 4) is 0 Å². The summed E-state index contributed by atoms with van der Waals surface area (Å²) in [6.45, 7) is 1.73. The summed E-state index contributed by atoms with van der Waals surface area (Å²) in [5.41, 5.74) is -1.35. The molecule has 2 aromatic carbocycles. The van der Waals surface area contributed by atoms with E-state index in [1.165, 1.54) is 24.3 Å². The Balaban J connectivity index is 2.54. The molecule has 0 unspecified atom stereocenters. The average Bonchev–Trinajstić information content (AvgIpc) is 2.45. The molecule has 0 spiro atoms. The molecule has 5 nitrogen and oxygen atoms in total. The largest absolute Gasteiger partial charge is 0.418 e. The van der Waals surface area contributed by atoms with Gasteiger partial charge in [-0.2, -0.15) is 13.2 Å². The summed E-state index contributed by atoms with van der Waals surface area (Å²) in [4.78, 5) is -0.767. The summed E-state index contributed by atoms with van der Waals surface area (Å²) in [7, 11) is -8.14. The van der Waals surface area contributed by atoms with E-state index in [0.29, 0.717) is 6.07 Å². The van der Waals surface area contributed by atoms with Crippen LogP contribution in [0.2, 0.25) is 0 Å². The topological polar surface area (TPSA) is 80.3 Å². The Kier molecular flexibility index (Phi) is 4.88. The predicted octanol–water partition coefficient (Wildman–Crippen LogP) is 3.22. The normalized spacial score (nSPS) is 12.8. The Morgan fingerprint density at radius 3 is 1.88 bits per heavy atom. The van der Waals surface area contributed by atoms with E-state index in [-0.39, 0.29) is 4.90 Å². The van der Waals surface area contributed by atoms with Crippen LogP contribution in [0.3, 0.4) is 0 Å². The van der Waals surface area contributed by atoms with Gasteiger partial charge in [0.1, 0.15) is 0 Å². The third-order valence-electron chi connectivity index (χ3n) is 3.30. The molecule has 0 radical (unpaired) electrons. The maximum Gasteiger partial charge on any atom is 0.418 e. The molecule has 10 heteroatoms. The van der Waals surface area contributed by atoms with Gasteiger partial charge in [0.15, 0.2) is 9.84 Å². The third-order valence-corrected chi connectivity index (χ3v) is 5.79. The second kappa shape index (κ2) is 6.34. The lowest BCUT2D eigenvalue weighted by molar-refractivity contribution is -0.137. The van der Waals surface area contributed by atoms with Crippen LogP contribution in [0.1, 0.15) is 11.1 Å². The molecule has 0 saturated carbocycles. The molecule has 0 fully saturated rings. The Morgan fingerprint density at radius 2 is 1.40 bits per heavy atom. The molecule has 0 aliphatic heterocycles. The molecule has 2 aromatic rings. The number of benzene rings is 2. The summed E-state index contributed by atoms with van der Waals surface area (Å²) < 4.78 is 89.0. The van der Waals surface area contributed by atoms with Crippen LogP contribution >= 0.6 is 0 Å². The molecule has 0 bridgehead atoms.